The lowest BCUT2D eigenvalue weighted by Gasteiger charge is -2.19. The van der Waals surface area contributed by atoms with E-state index >= 15 is 0 Å². The first-order valence-corrected chi connectivity index (χ1v) is 9.85. The molecule has 1 aromatic carbocycles. The van der Waals surface area contributed by atoms with Crippen LogP contribution in [-0.4, -0.2) is 36.4 Å². The minimum atomic E-state index is -4.38. The molecule has 1 heterocycles. The maximum atomic E-state index is 12.7. The van der Waals surface area contributed by atoms with Gasteiger partial charge in [0.2, 0.25) is 0 Å². The van der Waals surface area contributed by atoms with Crippen molar-refractivity contribution < 1.29 is 27.4 Å². The summed E-state index contributed by atoms with van der Waals surface area (Å²) in [6.07, 6.45) is -2.41. The first-order valence-electron chi connectivity index (χ1n) is 8.70. The zero-order valence-electron chi connectivity index (χ0n) is 16.5. The van der Waals surface area contributed by atoms with E-state index in [0.29, 0.717) is 21.0 Å². The van der Waals surface area contributed by atoms with Gasteiger partial charge in [-0.2, -0.15) is 18.2 Å². The lowest BCUT2D eigenvalue weighted by atomic mass is 10.1. The van der Waals surface area contributed by atoms with Crippen LogP contribution in [0.3, 0.4) is 0 Å². The highest BCUT2D eigenvalue weighted by atomic mass is 35.5. The lowest BCUT2D eigenvalue weighted by Crippen LogP contribution is -2.19. The molecule has 29 heavy (non-hydrogen) atoms. The average Bonchev–Trinajstić information content (AvgIpc) is 3.01. The summed E-state index contributed by atoms with van der Waals surface area (Å²) in [7, 11) is 1.43. The van der Waals surface area contributed by atoms with E-state index in [9.17, 15) is 18.0 Å². The molecule has 0 bridgehead atoms. The molecule has 0 fully saturated rings. The normalized spacial score (nSPS) is 13.0. The van der Waals surface area contributed by atoms with E-state index in [0.717, 1.165) is 0 Å². The van der Waals surface area contributed by atoms with Crippen LogP contribution in [0.2, 0.25) is 5.02 Å². The van der Waals surface area contributed by atoms with Crippen molar-refractivity contribution in [2.45, 2.75) is 38.9 Å². The van der Waals surface area contributed by atoms with Gasteiger partial charge in [0.05, 0.1) is 19.3 Å². The number of benzene rings is 1. The van der Waals surface area contributed by atoms with Crippen LogP contribution in [-0.2, 0) is 16.7 Å². The topological polar surface area (TPSA) is 52.8 Å². The van der Waals surface area contributed by atoms with E-state index in [-0.39, 0.29) is 24.1 Å². The Labute approximate surface area is 175 Å². The van der Waals surface area contributed by atoms with Crippen molar-refractivity contribution in [3.05, 3.63) is 45.2 Å². The number of hydrogen-bond acceptors (Lipinski definition) is 4. The summed E-state index contributed by atoms with van der Waals surface area (Å²) in [6.45, 7) is 4.45. The highest BCUT2D eigenvalue weighted by Gasteiger charge is 2.27. The summed E-state index contributed by atoms with van der Waals surface area (Å²) in [5, 5.41) is 0.362. The van der Waals surface area contributed by atoms with Crippen molar-refractivity contribution >= 4 is 29.0 Å². The quantitative estimate of drug-likeness (QED) is 0.592. The lowest BCUT2D eigenvalue weighted by molar-refractivity contribution is -0.173. The van der Waals surface area contributed by atoms with Crippen molar-refractivity contribution in [3.63, 3.8) is 0 Å². The SMILES string of the molecule is COc1ccc(Cl)cc1C(=O)N=c1sn(C(C)(C)C)cc1CCOCC(F)(F)F. The molecule has 2 rings (SSSR count). The summed E-state index contributed by atoms with van der Waals surface area (Å²) >= 11 is 7.23. The van der Waals surface area contributed by atoms with Crippen molar-refractivity contribution in [1.82, 2.24) is 3.96 Å². The number of carbonyl (C=O) groups excluding carboxylic acids is 1. The molecule has 160 valence electrons. The fraction of sp³-hybridized carbons (Fsp3) is 0.474. The molecule has 0 aliphatic heterocycles. The van der Waals surface area contributed by atoms with E-state index in [1.807, 2.05) is 24.7 Å². The monoisotopic (exact) mass is 450 g/mol. The molecular weight excluding hydrogens is 429 g/mol. The molecule has 0 radical (unpaired) electrons. The van der Waals surface area contributed by atoms with Gasteiger partial charge in [0, 0.05) is 28.7 Å². The highest BCUT2D eigenvalue weighted by molar-refractivity contribution is 7.04. The Hall–Kier alpha value is -1.84. The van der Waals surface area contributed by atoms with Gasteiger partial charge < -0.3 is 9.47 Å². The summed E-state index contributed by atoms with van der Waals surface area (Å²) in [5.41, 5.74) is 0.549. The van der Waals surface area contributed by atoms with Crippen molar-refractivity contribution in [3.8, 4) is 5.75 Å². The summed E-state index contributed by atoms with van der Waals surface area (Å²) in [4.78, 5) is 16.9. The van der Waals surface area contributed by atoms with Gasteiger partial charge in [-0.1, -0.05) is 11.6 Å². The maximum Gasteiger partial charge on any atom is 0.411 e. The smallest absolute Gasteiger partial charge is 0.411 e. The van der Waals surface area contributed by atoms with Crippen LogP contribution in [0.25, 0.3) is 0 Å². The van der Waals surface area contributed by atoms with Crippen LogP contribution in [0.15, 0.2) is 29.4 Å². The van der Waals surface area contributed by atoms with Crippen LogP contribution in [0, 0.1) is 0 Å². The van der Waals surface area contributed by atoms with Gasteiger partial charge in [-0.15, -0.1) is 0 Å². The molecule has 2 aromatic rings. The first kappa shape index (κ1) is 23.4. The second-order valence-electron chi connectivity index (χ2n) is 7.23. The third-order valence-corrected chi connectivity index (χ3v) is 5.38. The standard InChI is InChI=1S/C19H22ClF3N2O3S/c1-18(2,3)25-10-12(7-8-28-11-19(21,22)23)17(29-25)24-16(26)14-9-13(20)5-6-15(14)27-4/h5-6,9-10H,7-8,11H2,1-4H3. The van der Waals surface area contributed by atoms with Crippen LogP contribution in [0.1, 0.15) is 36.7 Å². The van der Waals surface area contributed by atoms with Crippen molar-refractivity contribution in [2.75, 3.05) is 20.3 Å². The summed E-state index contributed by atoms with van der Waals surface area (Å²) < 4.78 is 49.0. The number of hydrogen-bond donors (Lipinski definition) is 0. The fourth-order valence-corrected chi connectivity index (χ4v) is 3.55. The third kappa shape index (κ3) is 6.87. The number of ether oxygens (including phenoxy) is 2. The number of nitrogens with zero attached hydrogens (tertiary/aromatic N) is 2. The zero-order chi connectivity index (χ0) is 21.8. The molecule has 0 aliphatic carbocycles. The van der Waals surface area contributed by atoms with Gasteiger partial charge in [0.25, 0.3) is 5.91 Å². The molecular formula is C19H22ClF3N2O3S. The molecule has 0 saturated heterocycles. The molecule has 10 heteroatoms. The number of rotatable bonds is 6. The molecule has 0 unspecified atom stereocenters. The molecule has 0 atom stereocenters. The molecule has 0 aliphatic rings. The van der Waals surface area contributed by atoms with E-state index < -0.39 is 18.7 Å². The fourth-order valence-electron chi connectivity index (χ4n) is 2.34. The number of amides is 1. The van der Waals surface area contributed by atoms with E-state index in [1.165, 1.54) is 24.7 Å². The van der Waals surface area contributed by atoms with E-state index in [2.05, 4.69) is 4.99 Å². The summed E-state index contributed by atoms with van der Waals surface area (Å²) in [5.74, 6) is -0.219. The van der Waals surface area contributed by atoms with Crippen LogP contribution in [0.4, 0.5) is 13.2 Å². The Kier molecular flexibility index (Phi) is 7.53. The van der Waals surface area contributed by atoms with Gasteiger partial charge in [-0.05, 0) is 50.5 Å². The number of carbonyl (C=O) groups is 1. The molecule has 5 nitrogen and oxygen atoms in total. The Morgan fingerprint density at radius 3 is 2.55 bits per heavy atom. The number of alkyl halides is 3. The van der Waals surface area contributed by atoms with Gasteiger partial charge in [0.1, 0.15) is 17.0 Å². The molecule has 0 saturated carbocycles. The Morgan fingerprint density at radius 1 is 1.28 bits per heavy atom. The van der Waals surface area contributed by atoms with Gasteiger partial charge >= 0.3 is 6.18 Å². The molecule has 1 aromatic heterocycles. The molecule has 0 N–H and O–H groups in total. The Balaban J connectivity index is 2.35. The molecule has 0 spiro atoms. The van der Waals surface area contributed by atoms with E-state index in [1.54, 1.807) is 18.3 Å². The van der Waals surface area contributed by atoms with Crippen molar-refractivity contribution in [2.24, 2.45) is 4.99 Å². The number of methoxy groups -OCH3 is 1. The molecule has 1 amide bonds. The zero-order valence-corrected chi connectivity index (χ0v) is 18.0. The highest BCUT2D eigenvalue weighted by Crippen LogP contribution is 2.24. The minimum absolute atomic E-state index is 0.141. The minimum Gasteiger partial charge on any atom is -0.496 e. The van der Waals surface area contributed by atoms with Crippen LogP contribution in [0.5, 0.6) is 5.75 Å². The average molecular weight is 451 g/mol. The second-order valence-corrected chi connectivity index (χ2v) is 8.63. The third-order valence-electron chi connectivity index (χ3n) is 3.77. The Morgan fingerprint density at radius 2 is 1.97 bits per heavy atom. The predicted molar refractivity (Wildman–Crippen MR) is 106 cm³/mol. The number of aromatic nitrogens is 1. The van der Waals surface area contributed by atoms with Gasteiger partial charge in [0.15, 0.2) is 0 Å². The van der Waals surface area contributed by atoms with Crippen LogP contribution < -0.4 is 9.41 Å². The first-order chi connectivity index (χ1) is 13.4. The number of halogens is 4. The van der Waals surface area contributed by atoms with E-state index in [4.69, 9.17) is 21.1 Å². The predicted octanol–water partition coefficient (Wildman–Crippen LogP) is 4.83. The Bertz CT molecular complexity index is 930. The van der Waals surface area contributed by atoms with Crippen molar-refractivity contribution in [1.29, 1.82) is 0 Å². The maximum absolute atomic E-state index is 12.7. The van der Waals surface area contributed by atoms with Gasteiger partial charge in [-0.3, -0.25) is 8.75 Å². The second kappa shape index (κ2) is 9.32. The largest absolute Gasteiger partial charge is 0.496 e. The summed E-state index contributed by atoms with van der Waals surface area (Å²) in [6, 6.07) is 4.63. The van der Waals surface area contributed by atoms with Crippen LogP contribution >= 0.6 is 23.1 Å². The van der Waals surface area contributed by atoms with Gasteiger partial charge in [-0.25, -0.2) is 0 Å².